The molecule has 2 rings (SSSR count). The summed E-state index contributed by atoms with van der Waals surface area (Å²) >= 11 is 0. The maximum atomic E-state index is 5.93. The van der Waals surface area contributed by atoms with E-state index < -0.39 is 7.12 Å². The smallest absolute Gasteiger partial charge is 0.398 e. The number of hydrogen-bond donors (Lipinski definition) is 0. The predicted octanol–water partition coefficient (Wildman–Crippen LogP) is 1.04. The second-order valence-corrected chi connectivity index (χ2v) is 6.46. The van der Waals surface area contributed by atoms with Crippen molar-refractivity contribution in [2.45, 2.75) is 38.9 Å². The fourth-order valence-electron chi connectivity index (χ4n) is 1.78. The summed E-state index contributed by atoms with van der Waals surface area (Å²) < 4.78 is 11.9. The number of aliphatic imine (C=N–C) groups is 1. The lowest BCUT2D eigenvalue weighted by atomic mass is 9.85. The van der Waals surface area contributed by atoms with Crippen LogP contribution in [-0.4, -0.2) is 60.0 Å². The molecule has 0 aliphatic carbocycles. The molecule has 1 fully saturated rings. The van der Waals surface area contributed by atoms with Crippen LogP contribution in [0, 0.1) is 0 Å². The quantitative estimate of drug-likeness (QED) is 0.612. The van der Waals surface area contributed by atoms with Crippen LogP contribution in [0.3, 0.4) is 0 Å². The van der Waals surface area contributed by atoms with Gasteiger partial charge in [0.2, 0.25) is 0 Å². The first kappa shape index (κ1) is 16.1. The zero-order valence-corrected chi connectivity index (χ0v) is 13.6. The van der Waals surface area contributed by atoms with Crippen molar-refractivity contribution in [1.82, 2.24) is 14.9 Å². The highest BCUT2D eigenvalue weighted by Crippen LogP contribution is 2.36. The Hall–Kier alpha value is -1.31. The molecular formula is C14H23BN4O2. The van der Waals surface area contributed by atoms with Crippen molar-refractivity contribution in [3.63, 3.8) is 0 Å². The third kappa shape index (κ3) is 3.67. The summed E-state index contributed by atoms with van der Waals surface area (Å²) in [6, 6.07) is 0. The van der Waals surface area contributed by atoms with Gasteiger partial charge in [-0.2, -0.15) is 0 Å². The fourth-order valence-corrected chi connectivity index (χ4v) is 1.78. The molecule has 1 aliphatic rings. The second-order valence-electron chi connectivity index (χ2n) is 6.46. The molecule has 0 unspecified atom stereocenters. The molecule has 0 N–H and O–H groups in total. The predicted molar refractivity (Wildman–Crippen MR) is 84.5 cm³/mol. The van der Waals surface area contributed by atoms with E-state index in [9.17, 15) is 0 Å². The maximum Gasteiger partial charge on any atom is 0.516 e. The van der Waals surface area contributed by atoms with E-state index in [0.717, 1.165) is 6.54 Å². The zero-order valence-electron chi connectivity index (χ0n) is 13.6. The van der Waals surface area contributed by atoms with Crippen LogP contribution in [0.4, 0.5) is 5.82 Å². The van der Waals surface area contributed by atoms with Crippen LogP contribution in [0.5, 0.6) is 0 Å². The SMILES string of the molecule is CN(C)C/C=N\c1cnc(B2OC(C)(C)C(C)(C)O2)cn1. The van der Waals surface area contributed by atoms with Gasteiger partial charge in [-0.05, 0) is 41.8 Å². The van der Waals surface area contributed by atoms with Crippen molar-refractivity contribution in [2.75, 3.05) is 20.6 Å². The van der Waals surface area contributed by atoms with Gasteiger partial charge in [-0.25, -0.2) is 9.98 Å². The van der Waals surface area contributed by atoms with E-state index in [4.69, 9.17) is 9.31 Å². The van der Waals surface area contributed by atoms with Crippen molar-refractivity contribution in [1.29, 1.82) is 0 Å². The number of rotatable bonds is 4. The molecule has 7 heteroatoms. The molecule has 2 heterocycles. The lowest BCUT2D eigenvalue weighted by Gasteiger charge is -2.32. The van der Waals surface area contributed by atoms with E-state index in [2.05, 4.69) is 15.0 Å². The summed E-state index contributed by atoms with van der Waals surface area (Å²) in [4.78, 5) is 14.9. The Morgan fingerprint density at radius 3 is 2.24 bits per heavy atom. The van der Waals surface area contributed by atoms with Gasteiger partial charge in [-0.3, -0.25) is 4.98 Å². The van der Waals surface area contributed by atoms with Crippen molar-refractivity contribution in [3.8, 4) is 0 Å². The molecule has 6 nitrogen and oxygen atoms in total. The Morgan fingerprint density at radius 1 is 1.14 bits per heavy atom. The van der Waals surface area contributed by atoms with Gasteiger partial charge < -0.3 is 14.2 Å². The van der Waals surface area contributed by atoms with Crippen molar-refractivity contribution in [3.05, 3.63) is 12.4 Å². The van der Waals surface area contributed by atoms with Crippen LogP contribution in [0.2, 0.25) is 0 Å². The standard InChI is InChI=1S/C14H23BN4O2/c1-13(2)14(3,4)21-15(20-13)11-9-18-12(10-17-11)16-7-8-19(5)6/h7,9-10H,8H2,1-6H3/b16-7-. The van der Waals surface area contributed by atoms with E-state index in [1.54, 1.807) is 18.6 Å². The Labute approximate surface area is 126 Å². The third-order valence-corrected chi connectivity index (χ3v) is 3.82. The molecule has 0 amide bonds. The van der Waals surface area contributed by atoms with Crippen LogP contribution in [0.25, 0.3) is 0 Å². The first-order valence-corrected chi connectivity index (χ1v) is 7.06. The van der Waals surface area contributed by atoms with Gasteiger partial charge >= 0.3 is 7.12 Å². The van der Waals surface area contributed by atoms with Gasteiger partial charge in [0.05, 0.1) is 23.0 Å². The van der Waals surface area contributed by atoms with E-state index in [-0.39, 0.29) is 11.2 Å². The maximum absolute atomic E-state index is 5.93. The highest BCUT2D eigenvalue weighted by Gasteiger charge is 2.52. The summed E-state index contributed by atoms with van der Waals surface area (Å²) in [5, 5.41) is 0. The van der Waals surface area contributed by atoms with Crippen LogP contribution >= 0.6 is 0 Å². The number of hydrogen-bond acceptors (Lipinski definition) is 6. The molecule has 1 aromatic heterocycles. The van der Waals surface area contributed by atoms with Crippen LogP contribution in [-0.2, 0) is 9.31 Å². The van der Waals surface area contributed by atoms with Crippen molar-refractivity contribution in [2.24, 2.45) is 4.99 Å². The van der Waals surface area contributed by atoms with E-state index in [0.29, 0.717) is 11.4 Å². The highest BCUT2D eigenvalue weighted by atomic mass is 16.7. The molecule has 0 spiro atoms. The minimum absolute atomic E-state index is 0.373. The Kier molecular flexibility index (Phi) is 4.46. The lowest BCUT2D eigenvalue weighted by Crippen LogP contribution is -2.41. The fraction of sp³-hybridized carbons (Fsp3) is 0.643. The molecular weight excluding hydrogens is 267 g/mol. The summed E-state index contributed by atoms with van der Waals surface area (Å²) in [7, 11) is 3.49. The molecule has 1 aromatic rings. The molecule has 114 valence electrons. The zero-order chi connectivity index (χ0) is 15.7. The average molecular weight is 290 g/mol. The van der Waals surface area contributed by atoms with Crippen molar-refractivity contribution < 1.29 is 9.31 Å². The van der Waals surface area contributed by atoms with E-state index >= 15 is 0 Å². The summed E-state index contributed by atoms with van der Waals surface area (Å²) in [6.45, 7) is 8.82. The van der Waals surface area contributed by atoms with Gasteiger partial charge in [0.25, 0.3) is 0 Å². The first-order valence-electron chi connectivity index (χ1n) is 7.06. The van der Waals surface area contributed by atoms with Crippen LogP contribution < -0.4 is 5.59 Å². The number of nitrogens with zero attached hydrogens (tertiary/aromatic N) is 4. The minimum Gasteiger partial charge on any atom is -0.398 e. The molecule has 0 saturated carbocycles. The topological polar surface area (TPSA) is 59.8 Å². The Morgan fingerprint density at radius 2 is 1.76 bits per heavy atom. The lowest BCUT2D eigenvalue weighted by molar-refractivity contribution is 0.00578. The monoisotopic (exact) mass is 290 g/mol. The summed E-state index contributed by atoms with van der Waals surface area (Å²) in [5.74, 6) is 0.581. The normalized spacial score (nSPS) is 20.6. The highest BCUT2D eigenvalue weighted by molar-refractivity contribution is 6.61. The second kappa shape index (κ2) is 5.83. The first-order chi connectivity index (χ1) is 9.71. The molecule has 0 atom stereocenters. The number of aromatic nitrogens is 2. The van der Waals surface area contributed by atoms with E-state index in [1.807, 2.05) is 46.7 Å². The third-order valence-electron chi connectivity index (χ3n) is 3.82. The van der Waals surface area contributed by atoms with Gasteiger partial charge in [0, 0.05) is 19.0 Å². The largest absolute Gasteiger partial charge is 0.516 e. The van der Waals surface area contributed by atoms with Gasteiger partial charge in [-0.1, -0.05) is 0 Å². The van der Waals surface area contributed by atoms with E-state index in [1.165, 1.54) is 0 Å². The molecule has 0 bridgehead atoms. The average Bonchev–Trinajstić information content (AvgIpc) is 2.59. The van der Waals surface area contributed by atoms with Crippen LogP contribution in [0.1, 0.15) is 27.7 Å². The molecule has 21 heavy (non-hydrogen) atoms. The molecule has 1 aliphatic heterocycles. The summed E-state index contributed by atoms with van der Waals surface area (Å²) in [5.41, 5.74) is -0.0794. The van der Waals surface area contributed by atoms with Gasteiger partial charge in [0.1, 0.15) is 0 Å². The van der Waals surface area contributed by atoms with Crippen molar-refractivity contribution >= 4 is 24.7 Å². The molecule has 1 saturated heterocycles. The summed E-state index contributed by atoms with van der Waals surface area (Å²) in [6.07, 6.45) is 5.09. The molecule has 0 aromatic carbocycles. The Bertz CT molecular complexity index is 498. The Balaban J connectivity index is 2.05. The minimum atomic E-state index is -0.484. The van der Waals surface area contributed by atoms with Crippen LogP contribution in [0.15, 0.2) is 17.4 Å². The molecule has 0 radical (unpaired) electrons. The van der Waals surface area contributed by atoms with Gasteiger partial charge in [0.15, 0.2) is 5.82 Å². The van der Waals surface area contributed by atoms with Gasteiger partial charge in [-0.15, -0.1) is 0 Å².